The number of aliphatic hydroxyl groups excluding tert-OH is 4. The Kier molecular flexibility index (Phi) is 63.5. The van der Waals surface area contributed by atoms with Crippen LogP contribution in [0.3, 0.4) is 0 Å². The summed E-state index contributed by atoms with van der Waals surface area (Å²) >= 11 is 0. The van der Waals surface area contributed by atoms with Crippen LogP contribution >= 0.6 is 7.82 Å². The fourth-order valence-electron chi connectivity index (χ4n) is 14.2. The third-order valence-corrected chi connectivity index (χ3v) is 23.7. The normalized spacial score (nSPS) is 19.6. The van der Waals surface area contributed by atoms with Crippen molar-refractivity contribution < 1.29 is 43.7 Å². The second-order valence-corrected chi connectivity index (χ2v) is 36.9. The molecule has 0 amide bonds. The van der Waals surface area contributed by atoms with E-state index in [2.05, 4.69) is 261 Å². The summed E-state index contributed by atoms with van der Waals surface area (Å²) in [5.41, 5.74) is 28.4. The van der Waals surface area contributed by atoms with Gasteiger partial charge in [-0.05, 0) is 395 Å². The number of phosphoric ester groups is 1. The van der Waals surface area contributed by atoms with Gasteiger partial charge in [0, 0.05) is 0 Å². The highest BCUT2D eigenvalue weighted by Gasteiger charge is 2.47. The first-order chi connectivity index (χ1) is 55.2. The highest BCUT2D eigenvalue weighted by molar-refractivity contribution is 7.47. The minimum Gasteiger partial charge on any atom is -0.394 e. The first-order valence-corrected chi connectivity index (χ1v) is 47.1. The number of allylic oxidation sites excluding steroid dienone is 38. The molecule has 0 radical (unpaired) electrons. The van der Waals surface area contributed by atoms with E-state index in [0.717, 1.165) is 212 Å². The molecule has 0 saturated carbocycles. The van der Waals surface area contributed by atoms with Crippen molar-refractivity contribution in [1.82, 2.24) is 0 Å². The molecule has 0 bridgehead atoms. The standard InChI is InChI=1S/C106H175O9P/c1-82(2)41-22-42-83(3)43-23-44-84(4)45-24-46-85(5)47-25-48-86(6)49-26-50-87(7)51-27-52-88(8)53-28-54-89(9)55-29-56-90(10)57-30-58-91(11)59-31-60-92(12)61-32-62-93(13)63-33-64-94(14)65-34-66-95(15)67-35-68-96(16)69-36-70-97(17)71-37-72-98(18)73-38-74-99(19)75-39-76-100(20)77-40-78-101(21)79-80-113-116(111,112)115-106-105(110)104(109)103(108)102(81-107)114-106/h41,43,45,47,49,51,53,55,57,59,61,63,65,67,69,71,73,75,77,101-110H,22-40,42,44,46,48,50,52,54,56,58,60,62,64,66,68,70,72,74,76,78-81H2,1-21H3,(H,111,112)/t101?,102-,103-,104+,105+,106+/m1/s1. The van der Waals surface area contributed by atoms with Crippen molar-refractivity contribution in [2.45, 2.75) is 427 Å². The molecule has 7 atom stereocenters. The Morgan fingerprint density at radius 2 is 0.466 bits per heavy atom. The second kappa shape index (κ2) is 67.6. The zero-order valence-corrected chi connectivity index (χ0v) is 79.1. The number of ether oxygens (including phenoxy) is 1. The zero-order chi connectivity index (χ0) is 86.5. The van der Waals surface area contributed by atoms with E-state index < -0.39 is 45.1 Å². The lowest BCUT2D eigenvalue weighted by Crippen LogP contribution is -2.58. The molecule has 0 aromatic heterocycles. The Balaban J connectivity index is 2.23. The molecule has 5 N–H and O–H groups in total. The van der Waals surface area contributed by atoms with Crippen LogP contribution in [0.1, 0.15) is 396 Å². The van der Waals surface area contributed by atoms with Gasteiger partial charge in [-0.25, -0.2) is 4.57 Å². The van der Waals surface area contributed by atoms with Gasteiger partial charge in [0.1, 0.15) is 24.4 Å². The topological polar surface area (TPSA) is 146 Å². The van der Waals surface area contributed by atoms with Crippen molar-refractivity contribution in [2.24, 2.45) is 5.92 Å². The van der Waals surface area contributed by atoms with Gasteiger partial charge in [-0.1, -0.05) is 228 Å². The maximum absolute atomic E-state index is 12.5. The second-order valence-electron chi connectivity index (χ2n) is 35.5. The van der Waals surface area contributed by atoms with E-state index in [1.54, 1.807) is 0 Å². The minimum absolute atomic E-state index is 0.0475. The molecule has 1 saturated heterocycles. The summed E-state index contributed by atoms with van der Waals surface area (Å²) in [7, 11) is -4.64. The highest BCUT2D eigenvalue weighted by atomic mass is 31.2. The van der Waals surface area contributed by atoms with E-state index in [0.29, 0.717) is 6.42 Å². The van der Waals surface area contributed by atoms with Gasteiger partial charge in [0.15, 0.2) is 6.29 Å². The summed E-state index contributed by atoms with van der Waals surface area (Å²) in [5, 5.41) is 39.3. The van der Waals surface area contributed by atoms with Gasteiger partial charge in [0.25, 0.3) is 0 Å². The van der Waals surface area contributed by atoms with Gasteiger partial charge in [0.05, 0.1) is 13.2 Å². The molecule has 0 aliphatic carbocycles. The van der Waals surface area contributed by atoms with Crippen LogP contribution in [-0.2, 0) is 18.3 Å². The van der Waals surface area contributed by atoms with Crippen LogP contribution in [0.2, 0.25) is 0 Å². The average molecular weight is 1620 g/mol. The Morgan fingerprint density at radius 1 is 0.284 bits per heavy atom. The van der Waals surface area contributed by atoms with Crippen LogP contribution in [0.5, 0.6) is 0 Å². The lowest BCUT2D eigenvalue weighted by Gasteiger charge is -2.39. The molecule has 1 aliphatic heterocycles. The van der Waals surface area contributed by atoms with Crippen LogP contribution < -0.4 is 0 Å². The zero-order valence-electron chi connectivity index (χ0n) is 78.2. The monoisotopic (exact) mass is 1620 g/mol. The van der Waals surface area contributed by atoms with Crippen LogP contribution in [-0.4, -0.2) is 69.2 Å². The van der Waals surface area contributed by atoms with Crippen LogP contribution in [0.25, 0.3) is 0 Å². The summed E-state index contributed by atoms with van der Waals surface area (Å²) in [6, 6.07) is 0. The Bertz CT molecular complexity index is 3430. The summed E-state index contributed by atoms with van der Waals surface area (Å²) in [6.07, 6.45) is 81.4. The molecule has 9 nitrogen and oxygen atoms in total. The van der Waals surface area contributed by atoms with Crippen LogP contribution in [0.15, 0.2) is 221 Å². The van der Waals surface area contributed by atoms with Gasteiger partial charge in [-0.15, -0.1) is 0 Å². The summed E-state index contributed by atoms with van der Waals surface area (Å²) in [5.74, 6) is 0.224. The Hall–Kier alpha value is -5.03. The molecule has 658 valence electrons. The number of hydrogen-bond donors (Lipinski definition) is 5. The molecular formula is C106H175O9P. The summed E-state index contributed by atoms with van der Waals surface area (Å²) < 4.78 is 27.7. The van der Waals surface area contributed by atoms with Crippen molar-refractivity contribution in [3.8, 4) is 0 Å². The number of aliphatic hydroxyl groups is 4. The first-order valence-electron chi connectivity index (χ1n) is 45.6. The number of hydrogen-bond acceptors (Lipinski definition) is 8. The molecular weight excluding hydrogens is 1450 g/mol. The van der Waals surface area contributed by atoms with Crippen molar-refractivity contribution in [2.75, 3.05) is 13.2 Å². The van der Waals surface area contributed by atoms with E-state index in [4.69, 9.17) is 13.8 Å². The van der Waals surface area contributed by atoms with Gasteiger partial charge in [-0.3, -0.25) is 9.05 Å². The SMILES string of the molecule is CC(C)=CCCC(C)=CCCC(C)=CCCC(C)=CCCC(C)=CCCC(C)=CCCC(C)=CCCC(C)=CCCC(C)=CCCC(C)=CCCC(C)=CCCC(C)=CCCC(C)=CCCC(C)=CCCC(C)=CCCC(C)=CCCC(C)=CCCC(C)=CCCC(C)=CCCC(C)CCOP(=O)(O)O[C@@H]1O[C@H](CO)[C@@H](O)[C@H](O)[C@@H]1O. The van der Waals surface area contributed by atoms with Gasteiger partial charge >= 0.3 is 7.82 Å². The van der Waals surface area contributed by atoms with Gasteiger partial charge < -0.3 is 30.1 Å². The third-order valence-electron chi connectivity index (χ3n) is 22.7. The maximum atomic E-state index is 12.5. The Labute approximate surface area is 714 Å². The quantitative estimate of drug-likeness (QED) is 0.0297. The fraction of sp³-hybridized carbons (Fsp3) is 0.642. The molecule has 1 aliphatic rings. The van der Waals surface area contributed by atoms with Gasteiger partial charge in [0.2, 0.25) is 0 Å². The molecule has 1 fully saturated rings. The first kappa shape index (κ1) is 109. The molecule has 10 heteroatoms. The predicted molar refractivity (Wildman–Crippen MR) is 507 cm³/mol. The molecule has 2 unspecified atom stereocenters. The largest absolute Gasteiger partial charge is 0.474 e. The molecule has 1 heterocycles. The lowest BCUT2D eigenvalue weighted by molar-refractivity contribution is -0.281. The van der Waals surface area contributed by atoms with Crippen LogP contribution in [0, 0.1) is 5.92 Å². The summed E-state index contributed by atoms with van der Waals surface area (Å²) in [4.78, 5) is 10.2. The van der Waals surface area contributed by atoms with E-state index in [1.807, 2.05) is 0 Å². The average Bonchev–Trinajstić information content (AvgIpc) is 0.808. The smallest absolute Gasteiger partial charge is 0.394 e. The highest BCUT2D eigenvalue weighted by Crippen LogP contribution is 2.47. The molecule has 0 aromatic rings. The lowest BCUT2D eigenvalue weighted by atomic mass is 10.00. The van der Waals surface area contributed by atoms with Crippen molar-refractivity contribution in [3.63, 3.8) is 0 Å². The summed E-state index contributed by atoms with van der Waals surface area (Å²) in [6.45, 7) is 47.0. The van der Waals surface area contributed by atoms with Crippen LogP contribution in [0.4, 0.5) is 0 Å². The number of phosphoric acid groups is 1. The van der Waals surface area contributed by atoms with Gasteiger partial charge in [-0.2, -0.15) is 0 Å². The van der Waals surface area contributed by atoms with Crippen molar-refractivity contribution >= 4 is 7.82 Å². The van der Waals surface area contributed by atoms with Crippen molar-refractivity contribution in [3.05, 3.63) is 221 Å². The van der Waals surface area contributed by atoms with E-state index in [9.17, 15) is 29.9 Å². The molecule has 0 aromatic carbocycles. The van der Waals surface area contributed by atoms with E-state index in [-0.39, 0.29) is 12.5 Å². The van der Waals surface area contributed by atoms with E-state index in [1.165, 1.54) is 138 Å². The number of rotatable bonds is 64. The van der Waals surface area contributed by atoms with Crippen molar-refractivity contribution in [1.29, 1.82) is 0 Å². The minimum atomic E-state index is -4.64. The predicted octanol–water partition coefficient (Wildman–Crippen LogP) is 31.8. The Morgan fingerprint density at radius 3 is 0.647 bits per heavy atom. The van der Waals surface area contributed by atoms with E-state index >= 15 is 0 Å². The molecule has 0 spiro atoms. The molecule has 1 rings (SSSR count). The fourth-order valence-corrected chi connectivity index (χ4v) is 15.0. The molecule has 116 heavy (non-hydrogen) atoms. The third kappa shape index (κ3) is 62.1. The maximum Gasteiger partial charge on any atom is 0.474 e.